The lowest BCUT2D eigenvalue weighted by molar-refractivity contribution is 0.0952. The number of amides is 1. The van der Waals surface area contributed by atoms with Crippen LogP contribution in [-0.2, 0) is 6.54 Å². The zero-order valence-corrected chi connectivity index (χ0v) is 14.4. The monoisotopic (exact) mass is 360 g/mol. The van der Waals surface area contributed by atoms with E-state index in [0.29, 0.717) is 40.6 Å². The summed E-state index contributed by atoms with van der Waals surface area (Å²) in [5.41, 5.74) is 2.98. The maximum absolute atomic E-state index is 13.0. The first-order valence-electron chi connectivity index (χ1n) is 8.82. The number of furan rings is 1. The first-order chi connectivity index (χ1) is 13.3. The van der Waals surface area contributed by atoms with Crippen LogP contribution in [0.2, 0.25) is 0 Å². The van der Waals surface area contributed by atoms with Gasteiger partial charge in [0.15, 0.2) is 11.5 Å². The predicted molar refractivity (Wildman–Crippen MR) is 96.9 cm³/mol. The van der Waals surface area contributed by atoms with Gasteiger partial charge in [0.2, 0.25) is 0 Å². The zero-order valence-electron chi connectivity index (χ0n) is 14.4. The standard InChI is InChI=1S/C20H16N4O3/c25-19(22-11-13-4-1-2-8-21-13)14-10-15(12-6-7-12)23-20-17(14)18(24-27-20)16-5-3-9-26-16/h1-5,8-10,12H,6-7,11H2,(H,22,25). The van der Waals surface area contributed by atoms with Crippen molar-refractivity contribution >= 4 is 17.0 Å². The number of nitrogens with zero attached hydrogens (tertiary/aromatic N) is 3. The summed E-state index contributed by atoms with van der Waals surface area (Å²) in [6.45, 7) is 0.337. The molecule has 0 unspecified atom stereocenters. The Morgan fingerprint density at radius 1 is 1.22 bits per heavy atom. The summed E-state index contributed by atoms with van der Waals surface area (Å²) >= 11 is 0. The Morgan fingerprint density at radius 2 is 2.15 bits per heavy atom. The van der Waals surface area contributed by atoms with Crippen LogP contribution in [0, 0.1) is 0 Å². The van der Waals surface area contributed by atoms with Crippen molar-refractivity contribution in [1.29, 1.82) is 0 Å². The summed E-state index contributed by atoms with van der Waals surface area (Å²) < 4.78 is 10.9. The van der Waals surface area contributed by atoms with E-state index in [9.17, 15) is 4.79 Å². The summed E-state index contributed by atoms with van der Waals surface area (Å²) in [5, 5.41) is 7.59. The van der Waals surface area contributed by atoms with Gasteiger partial charge in [-0.1, -0.05) is 11.2 Å². The Morgan fingerprint density at radius 3 is 2.89 bits per heavy atom. The maximum atomic E-state index is 13.0. The highest BCUT2D eigenvalue weighted by Gasteiger charge is 2.29. The van der Waals surface area contributed by atoms with Crippen molar-refractivity contribution in [3.05, 3.63) is 65.8 Å². The fourth-order valence-electron chi connectivity index (χ4n) is 3.09. The number of aromatic nitrogens is 3. The number of fused-ring (bicyclic) bond motifs is 1. The number of nitrogens with one attached hydrogen (secondary N) is 1. The van der Waals surface area contributed by atoms with Gasteiger partial charge in [-0.2, -0.15) is 0 Å². The van der Waals surface area contributed by atoms with Gasteiger partial charge in [-0.25, -0.2) is 4.98 Å². The highest BCUT2D eigenvalue weighted by molar-refractivity contribution is 6.09. The van der Waals surface area contributed by atoms with E-state index < -0.39 is 0 Å². The fraction of sp³-hybridized carbons (Fsp3) is 0.200. The third-order valence-corrected chi connectivity index (χ3v) is 4.62. The van der Waals surface area contributed by atoms with Crippen molar-refractivity contribution in [3.8, 4) is 11.5 Å². The largest absolute Gasteiger partial charge is 0.463 e. The van der Waals surface area contributed by atoms with E-state index in [1.807, 2.05) is 24.3 Å². The van der Waals surface area contributed by atoms with Crippen LogP contribution in [0.5, 0.6) is 0 Å². The molecule has 0 atom stereocenters. The number of carbonyl (C=O) groups is 1. The molecule has 0 bridgehead atoms. The molecule has 4 heterocycles. The van der Waals surface area contributed by atoms with Crippen LogP contribution in [0.3, 0.4) is 0 Å². The lowest BCUT2D eigenvalue weighted by Gasteiger charge is -2.08. The molecule has 0 radical (unpaired) electrons. The van der Waals surface area contributed by atoms with Crippen LogP contribution < -0.4 is 5.32 Å². The number of pyridine rings is 2. The molecule has 0 spiro atoms. The van der Waals surface area contributed by atoms with Gasteiger partial charge in [0.1, 0.15) is 0 Å². The Bertz CT molecular complexity index is 1100. The Balaban J connectivity index is 1.56. The molecule has 1 aliphatic carbocycles. The first-order valence-corrected chi connectivity index (χ1v) is 8.82. The Labute approximate surface area is 154 Å². The molecule has 0 aromatic carbocycles. The highest BCUT2D eigenvalue weighted by Crippen LogP contribution is 2.41. The number of carbonyl (C=O) groups excluding carboxylic acids is 1. The Kier molecular flexibility index (Phi) is 3.71. The van der Waals surface area contributed by atoms with E-state index in [1.54, 1.807) is 24.6 Å². The molecule has 5 rings (SSSR count). The number of rotatable bonds is 5. The fourth-order valence-corrected chi connectivity index (χ4v) is 3.09. The summed E-state index contributed by atoms with van der Waals surface area (Å²) in [6, 6.07) is 11.0. The van der Waals surface area contributed by atoms with Crippen LogP contribution in [0.15, 0.2) is 57.8 Å². The van der Waals surface area contributed by atoms with E-state index in [0.717, 1.165) is 24.2 Å². The molecule has 7 heteroatoms. The van der Waals surface area contributed by atoms with E-state index in [2.05, 4.69) is 20.4 Å². The van der Waals surface area contributed by atoms with Crippen LogP contribution >= 0.6 is 0 Å². The quantitative estimate of drug-likeness (QED) is 0.583. The normalized spacial score (nSPS) is 13.8. The predicted octanol–water partition coefficient (Wildman–Crippen LogP) is 3.69. The third kappa shape index (κ3) is 2.97. The van der Waals surface area contributed by atoms with Crippen LogP contribution in [0.1, 0.15) is 40.5 Å². The number of hydrogen-bond donors (Lipinski definition) is 1. The zero-order chi connectivity index (χ0) is 18.2. The molecule has 0 saturated heterocycles. The smallest absolute Gasteiger partial charge is 0.259 e. The van der Waals surface area contributed by atoms with Gasteiger partial charge in [-0.3, -0.25) is 9.78 Å². The molecule has 1 N–H and O–H groups in total. The molecule has 7 nitrogen and oxygen atoms in total. The minimum Gasteiger partial charge on any atom is -0.463 e. The second-order valence-electron chi connectivity index (χ2n) is 6.56. The van der Waals surface area contributed by atoms with Gasteiger partial charge >= 0.3 is 0 Å². The second-order valence-corrected chi connectivity index (χ2v) is 6.56. The Hall–Kier alpha value is -3.48. The van der Waals surface area contributed by atoms with Crippen molar-refractivity contribution in [2.75, 3.05) is 0 Å². The minimum atomic E-state index is -0.217. The molecule has 0 aliphatic heterocycles. The van der Waals surface area contributed by atoms with Crippen LogP contribution in [0.4, 0.5) is 0 Å². The summed E-state index contributed by atoms with van der Waals surface area (Å²) in [4.78, 5) is 21.8. The molecule has 4 aromatic heterocycles. The maximum Gasteiger partial charge on any atom is 0.259 e. The van der Waals surface area contributed by atoms with Crippen molar-refractivity contribution in [2.45, 2.75) is 25.3 Å². The molecule has 4 aromatic rings. The van der Waals surface area contributed by atoms with Gasteiger partial charge in [0, 0.05) is 17.8 Å². The third-order valence-electron chi connectivity index (χ3n) is 4.62. The van der Waals surface area contributed by atoms with Gasteiger partial charge in [-0.05, 0) is 43.2 Å². The lowest BCUT2D eigenvalue weighted by Crippen LogP contribution is -2.23. The van der Waals surface area contributed by atoms with Gasteiger partial charge in [0.05, 0.1) is 29.5 Å². The summed E-state index contributed by atoms with van der Waals surface area (Å²) in [6.07, 6.45) is 5.41. The van der Waals surface area contributed by atoms with Crippen molar-refractivity contribution in [2.24, 2.45) is 0 Å². The minimum absolute atomic E-state index is 0.217. The lowest BCUT2D eigenvalue weighted by atomic mass is 10.1. The molecular weight excluding hydrogens is 344 g/mol. The van der Waals surface area contributed by atoms with Gasteiger partial charge in [-0.15, -0.1) is 0 Å². The molecule has 1 saturated carbocycles. The van der Waals surface area contributed by atoms with Gasteiger partial charge in [0.25, 0.3) is 11.6 Å². The molecular formula is C20H16N4O3. The number of hydrogen-bond acceptors (Lipinski definition) is 6. The van der Waals surface area contributed by atoms with Crippen LogP contribution in [0.25, 0.3) is 22.6 Å². The second kappa shape index (κ2) is 6.35. The van der Waals surface area contributed by atoms with E-state index in [-0.39, 0.29) is 5.91 Å². The molecule has 1 fully saturated rings. The summed E-state index contributed by atoms with van der Waals surface area (Å²) in [5.74, 6) is 0.702. The first kappa shape index (κ1) is 15.7. The average molecular weight is 360 g/mol. The summed E-state index contributed by atoms with van der Waals surface area (Å²) in [7, 11) is 0. The molecule has 27 heavy (non-hydrogen) atoms. The van der Waals surface area contributed by atoms with Crippen molar-refractivity contribution in [1.82, 2.24) is 20.4 Å². The average Bonchev–Trinajstić information content (AvgIpc) is 3.24. The molecule has 1 aliphatic rings. The van der Waals surface area contributed by atoms with Crippen molar-refractivity contribution < 1.29 is 13.7 Å². The van der Waals surface area contributed by atoms with E-state index >= 15 is 0 Å². The van der Waals surface area contributed by atoms with E-state index in [4.69, 9.17) is 8.94 Å². The van der Waals surface area contributed by atoms with Gasteiger partial charge < -0.3 is 14.3 Å². The van der Waals surface area contributed by atoms with E-state index in [1.165, 1.54) is 0 Å². The topological polar surface area (TPSA) is 94.1 Å². The van der Waals surface area contributed by atoms with Crippen LogP contribution in [-0.4, -0.2) is 21.0 Å². The molecule has 1 amide bonds. The SMILES string of the molecule is O=C(NCc1ccccn1)c1cc(C2CC2)nc2onc(-c3ccco3)c12. The van der Waals surface area contributed by atoms with Crippen molar-refractivity contribution in [3.63, 3.8) is 0 Å². The highest BCUT2D eigenvalue weighted by atomic mass is 16.5. The molecule has 134 valence electrons.